The third-order valence-electron chi connectivity index (χ3n) is 5.21. The average molecular weight is 379 g/mol. The molecule has 0 saturated heterocycles. The molecule has 3 aromatic rings. The van der Waals surface area contributed by atoms with Crippen molar-refractivity contribution < 1.29 is 8.42 Å². The maximum Gasteiger partial charge on any atom is 0.229 e. The number of nitrogens with one attached hydrogen (secondary N) is 1. The monoisotopic (exact) mass is 379 g/mol. The van der Waals surface area contributed by atoms with Crippen molar-refractivity contribution in [2.75, 3.05) is 11.0 Å². The van der Waals surface area contributed by atoms with Gasteiger partial charge in [-0.15, -0.1) is 0 Å². The third-order valence-corrected chi connectivity index (χ3v) is 5.81. The van der Waals surface area contributed by atoms with Gasteiger partial charge in [0.25, 0.3) is 0 Å². The van der Waals surface area contributed by atoms with E-state index in [0.29, 0.717) is 23.2 Å². The van der Waals surface area contributed by atoms with E-state index < -0.39 is 10.0 Å². The van der Waals surface area contributed by atoms with Crippen LogP contribution < -0.4 is 4.72 Å². The molecule has 1 saturated carbocycles. The molecule has 2 aromatic carbocycles. The van der Waals surface area contributed by atoms with E-state index in [9.17, 15) is 8.42 Å². The maximum absolute atomic E-state index is 11.6. The van der Waals surface area contributed by atoms with Gasteiger partial charge in [0.05, 0.1) is 29.1 Å². The van der Waals surface area contributed by atoms with Gasteiger partial charge >= 0.3 is 0 Å². The fourth-order valence-corrected chi connectivity index (χ4v) is 4.18. The zero-order valence-electron chi connectivity index (χ0n) is 15.3. The molecule has 1 aromatic heterocycles. The Labute approximate surface area is 159 Å². The molecule has 27 heavy (non-hydrogen) atoms. The first-order chi connectivity index (χ1) is 12.9. The predicted molar refractivity (Wildman–Crippen MR) is 108 cm³/mol. The fraction of sp³-hybridized carbons (Fsp3) is 0.286. The molecular formula is C21H21N3O2S. The highest BCUT2D eigenvalue weighted by molar-refractivity contribution is 7.92. The van der Waals surface area contributed by atoms with Crippen molar-refractivity contribution in [2.45, 2.75) is 25.8 Å². The zero-order valence-corrected chi connectivity index (χ0v) is 16.1. The lowest BCUT2D eigenvalue weighted by Gasteiger charge is -2.15. The molecule has 0 bridgehead atoms. The van der Waals surface area contributed by atoms with E-state index in [1.165, 1.54) is 12.8 Å². The molecule has 1 aliphatic carbocycles. The molecule has 4 rings (SSSR count). The normalized spacial score (nSPS) is 15.4. The van der Waals surface area contributed by atoms with Crippen LogP contribution in [-0.2, 0) is 10.0 Å². The minimum Gasteiger partial charge on any atom is -0.344 e. The summed E-state index contributed by atoms with van der Waals surface area (Å²) in [5.74, 6) is 0.668. The van der Waals surface area contributed by atoms with Crippen molar-refractivity contribution in [1.29, 1.82) is 5.26 Å². The smallest absolute Gasteiger partial charge is 0.229 e. The summed E-state index contributed by atoms with van der Waals surface area (Å²) < 4.78 is 28.1. The molecule has 0 radical (unpaired) electrons. The number of hydrogen-bond donors (Lipinski definition) is 1. The number of rotatable bonds is 5. The van der Waals surface area contributed by atoms with E-state index in [0.717, 1.165) is 28.3 Å². The topological polar surface area (TPSA) is 74.9 Å². The van der Waals surface area contributed by atoms with Gasteiger partial charge in [-0.25, -0.2) is 8.42 Å². The number of fused-ring (bicyclic) bond motifs is 1. The van der Waals surface area contributed by atoms with Gasteiger partial charge in [0, 0.05) is 23.2 Å². The summed E-state index contributed by atoms with van der Waals surface area (Å²) in [7, 11) is -3.33. The number of benzene rings is 2. The Hall–Kier alpha value is -2.78. The number of hydrogen-bond acceptors (Lipinski definition) is 3. The Balaban J connectivity index is 1.87. The molecule has 1 unspecified atom stereocenters. The summed E-state index contributed by atoms with van der Waals surface area (Å²) >= 11 is 0. The minimum atomic E-state index is -3.33. The predicted octanol–water partition coefficient (Wildman–Crippen LogP) is 4.52. The van der Waals surface area contributed by atoms with E-state index in [2.05, 4.69) is 28.5 Å². The molecular weight excluding hydrogens is 358 g/mol. The number of nitrogens with zero attached hydrogens (tertiary/aromatic N) is 2. The van der Waals surface area contributed by atoms with E-state index >= 15 is 0 Å². The second-order valence-corrected chi connectivity index (χ2v) is 9.07. The Morgan fingerprint density at radius 2 is 1.89 bits per heavy atom. The third kappa shape index (κ3) is 3.56. The van der Waals surface area contributed by atoms with Gasteiger partial charge in [-0.1, -0.05) is 18.2 Å². The molecule has 6 heteroatoms. The van der Waals surface area contributed by atoms with Gasteiger partial charge < -0.3 is 4.57 Å². The fourth-order valence-electron chi connectivity index (χ4n) is 3.63. The summed E-state index contributed by atoms with van der Waals surface area (Å²) in [5, 5.41) is 10.1. The van der Waals surface area contributed by atoms with Crippen LogP contribution in [0.3, 0.4) is 0 Å². The van der Waals surface area contributed by atoms with Crippen LogP contribution in [0.1, 0.15) is 31.4 Å². The number of anilines is 1. The van der Waals surface area contributed by atoms with Crippen LogP contribution in [0.2, 0.25) is 0 Å². The summed E-state index contributed by atoms with van der Waals surface area (Å²) in [6.45, 7) is 2.22. The molecule has 1 atom stereocenters. The van der Waals surface area contributed by atoms with Crippen molar-refractivity contribution in [3.8, 4) is 17.2 Å². The summed E-state index contributed by atoms with van der Waals surface area (Å²) in [4.78, 5) is 0. The van der Waals surface area contributed by atoms with Gasteiger partial charge in [-0.2, -0.15) is 5.26 Å². The van der Waals surface area contributed by atoms with Crippen LogP contribution in [-0.4, -0.2) is 19.2 Å². The largest absolute Gasteiger partial charge is 0.344 e. The van der Waals surface area contributed by atoms with E-state index in [4.69, 9.17) is 5.26 Å². The average Bonchev–Trinajstić information content (AvgIpc) is 3.41. The van der Waals surface area contributed by atoms with Crippen molar-refractivity contribution in [1.82, 2.24) is 4.57 Å². The first-order valence-corrected chi connectivity index (χ1v) is 10.9. The summed E-state index contributed by atoms with van der Waals surface area (Å²) in [5.41, 5.74) is 4.35. The number of nitriles is 1. The Morgan fingerprint density at radius 1 is 1.19 bits per heavy atom. The van der Waals surface area contributed by atoms with Crippen LogP contribution in [0, 0.1) is 17.2 Å². The number of sulfonamides is 1. The standard InChI is InChI=1S/C21H21N3O2S/c1-14(16-7-8-16)24-13-20(17-5-3-15(12-22)4-6-17)19-10-9-18(11-21(19)24)23-27(2,25)26/h3-6,9-11,13-14,16,23H,7-8H2,1-2H3. The van der Waals surface area contributed by atoms with E-state index in [-0.39, 0.29) is 0 Å². The first-order valence-electron chi connectivity index (χ1n) is 8.98. The molecule has 5 nitrogen and oxygen atoms in total. The first kappa shape index (κ1) is 17.6. The van der Waals surface area contributed by atoms with Crippen LogP contribution in [0.25, 0.3) is 22.0 Å². The number of aromatic nitrogens is 1. The SMILES string of the molecule is CC(C1CC1)n1cc(-c2ccc(C#N)cc2)c2ccc(NS(C)(=O)=O)cc21. The van der Waals surface area contributed by atoms with Crippen LogP contribution >= 0.6 is 0 Å². The lowest BCUT2D eigenvalue weighted by molar-refractivity contribution is 0.501. The summed E-state index contributed by atoms with van der Waals surface area (Å²) in [6.07, 6.45) is 5.77. The highest BCUT2D eigenvalue weighted by Gasteiger charge is 2.30. The van der Waals surface area contributed by atoms with Crippen LogP contribution in [0.4, 0.5) is 5.69 Å². The molecule has 1 aliphatic rings. The minimum absolute atomic E-state index is 0.355. The molecule has 1 N–H and O–H groups in total. The maximum atomic E-state index is 11.6. The van der Waals surface area contributed by atoms with Crippen molar-refractivity contribution in [2.24, 2.45) is 5.92 Å². The summed E-state index contributed by atoms with van der Waals surface area (Å²) in [6, 6.07) is 15.7. The molecule has 0 aliphatic heterocycles. The Bertz CT molecular complexity index is 1150. The molecule has 1 heterocycles. The van der Waals surface area contributed by atoms with Gasteiger partial charge in [0.2, 0.25) is 10.0 Å². The molecule has 0 amide bonds. The van der Waals surface area contributed by atoms with E-state index in [1.807, 2.05) is 36.4 Å². The molecule has 0 spiro atoms. The van der Waals surface area contributed by atoms with E-state index in [1.54, 1.807) is 6.07 Å². The Kier molecular flexibility index (Phi) is 4.20. The van der Waals surface area contributed by atoms with Gasteiger partial charge in [0.15, 0.2) is 0 Å². The van der Waals surface area contributed by atoms with Crippen LogP contribution in [0.5, 0.6) is 0 Å². The second kappa shape index (κ2) is 6.43. The second-order valence-electron chi connectivity index (χ2n) is 7.32. The lowest BCUT2D eigenvalue weighted by atomic mass is 10.0. The van der Waals surface area contributed by atoms with Crippen molar-refractivity contribution in [3.63, 3.8) is 0 Å². The van der Waals surface area contributed by atoms with Crippen LogP contribution in [0.15, 0.2) is 48.7 Å². The molecule has 138 valence electrons. The van der Waals surface area contributed by atoms with Gasteiger partial charge in [-0.05, 0) is 55.5 Å². The quantitative estimate of drug-likeness (QED) is 0.708. The lowest BCUT2D eigenvalue weighted by Crippen LogP contribution is -2.10. The van der Waals surface area contributed by atoms with Crippen molar-refractivity contribution in [3.05, 3.63) is 54.2 Å². The zero-order chi connectivity index (χ0) is 19.2. The van der Waals surface area contributed by atoms with Gasteiger partial charge in [-0.3, -0.25) is 4.72 Å². The van der Waals surface area contributed by atoms with Crippen molar-refractivity contribution >= 4 is 26.6 Å². The Morgan fingerprint density at radius 3 is 2.48 bits per heavy atom. The van der Waals surface area contributed by atoms with Gasteiger partial charge in [0.1, 0.15) is 0 Å². The highest BCUT2D eigenvalue weighted by Crippen LogP contribution is 2.43. The molecule has 1 fully saturated rings. The highest BCUT2D eigenvalue weighted by atomic mass is 32.2.